The van der Waals surface area contributed by atoms with Gasteiger partial charge in [-0.25, -0.2) is 15.0 Å². The van der Waals surface area contributed by atoms with Crippen molar-refractivity contribution in [3.63, 3.8) is 0 Å². The van der Waals surface area contributed by atoms with Crippen molar-refractivity contribution in [2.75, 3.05) is 33.7 Å². The zero-order chi connectivity index (χ0) is 18.5. The van der Waals surface area contributed by atoms with Crippen LogP contribution in [0, 0.1) is 6.92 Å². The average Bonchev–Trinajstić information content (AvgIpc) is 3.10. The Morgan fingerprint density at radius 1 is 1.35 bits per heavy atom. The average molecular weight is 356 g/mol. The molecule has 2 aromatic heterocycles. The summed E-state index contributed by atoms with van der Waals surface area (Å²) in [5.41, 5.74) is 1.33. The Labute approximate surface area is 155 Å². The van der Waals surface area contributed by atoms with Gasteiger partial charge >= 0.3 is 0 Å². The van der Waals surface area contributed by atoms with Crippen LogP contribution in [-0.2, 0) is 6.54 Å². The molecule has 0 bridgehead atoms. The second-order valence-corrected chi connectivity index (χ2v) is 7.25. The third kappa shape index (κ3) is 4.27. The van der Waals surface area contributed by atoms with Gasteiger partial charge < -0.3 is 14.4 Å². The molecule has 1 aliphatic heterocycles. The van der Waals surface area contributed by atoms with E-state index in [0.717, 1.165) is 50.4 Å². The molecule has 7 nitrogen and oxygen atoms in total. The molecule has 0 radical (unpaired) electrons. The molecular formula is C19H28N6O. The molecule has 3 heterocycles. The van der Waals surface area contributed by atoms with E-state index in [9.17, 15) is 4.79 Å². The maximum atomic E-state index is 12.9. The maximum Gasteiger partial charge on any atom is 0.257 e. The van der Waals surface area contributed by atoms with Crippen LogP contribution < -0.4 is 0 Å². The number of imidazole rings is 1. The van der Waals surface area contributed by atoms with Crippen LogP contribution in [0.15, 0.2) is 24.9 Å². The molecule has 1 atom stereocenters. The van der Waals surface area contributed by atoms with E-state index in [2.05, 4.69) is 44.7 Å². The zero-order valence-corrected chi connectivity index (χ0v) is 15.9. The first-order valence-corrected chi connectivity index (χ1v) is 9.28. The van der Waals surface area contributed by atoms with Gasteiger partial charge in [-0.3, -0.25) is 4.79 Å². The van der Waals surface area contributed by atoms with E-state index in [4.69, 9.17) is 0 Å². The molecule has 1 amide bonds. The van der Waals surface area contributed by atoms with Gasteiger partial charge in [0.15, 0.2) is 0 Å². The molecule has 3 rings (SSSR count). The number of likely N-dealkylation sites (tertiary alicyclic amines) is 1. The molecule has 0 spiro atoms. The van der Waals surface area contributed by atoms with Gasteiger partial charge in [-0.05, 0) is 46.8 Å². The summed E-state index contributed by atoms with van der Waals surface area (Å²) in [4.78, 5) is 29.8. The van der Waals surface area contributed by atoms with Crippen LogP contribution in [0.4, 0.5) is 0 Å². The summed E-state index contributed by atoms with van der Waals surface area (Å²) < 4.78 is 2.25. The van der Waals surface area contributed by atoms with Crippen LogP contribution in [0.1, 0.15) is 47.1 Å². The third-order valence-electron chi connectivity index (χ3n) is 4.97. The number of nitrogens with zero attached hydrogens (tertiary/aromatic N) is 6. The highest BCUT2D eigenvalue weighted by Crippen LogP contribution is 2.27. The zero-order valence-electron chi connectivity index (χ0n) is 15.9. The molecule has 1 aliphatic rings. The van der Waals surface area contributed by atoms with Crippen LogP contribution in [0.2, 0.25) is 0 Å². The number of carbonyl (C=O) groups excluding carboxylic acids is 1. The number of rotatable bonds is 6. The van der Waals surface area contributed by atoms with Crippen molar-refractivity contribution in [2.24, 2.45) is 0 Å². The summed E-state index contributed by atoms with van der Waals surface area (Å²) in [6, 6.07) is 0. The number of carbonyl (C=O) groups is 1. The van der Waals surface area contributed by atoms with Crippen molar-refractivity contribution >= 4 is 5.91 Å². The highest BCUT2D eigenvalue weighted by atomic mass is 16.2. The molecular weight excluding hydrogens is 328 g/mol. The standard InChI is InChI=1S/C19H28N6O/c1-15-17(12-20-14-22-15)19(26)25-9-4-6-16(13-25)18-21-7-11-24(18)10-5-8-23(2)3/h7,11-12,14,16H,4-6,8-10,13H2,1-3H3. The number of amides is 1. The minimum absolute atomic E-state index is 0.0264. The first kappa shape index (κ1) is 18.5. The summed E-state index contributed by atoms with van der Waals surface area (Å²) in [7, 11) is 4.18. The van der Waals surface area contributed by atoms with Crippen LogP contribution in [0.5, 0.6) is 0 Å². The van der Waals surface area contributed by atoms with Gasteiger partial charge in [-0.1, -0.05) is 0 Å². The minimum atomic E-state index is 0.0264. The smallest absolute Gasteiger partial charge is 0.257 e. The van der Waals surface area contributed by atoms with Crippen molar-refractivity contribution in [1.82, 2.24) is 29.3 Å². The molecule has 0 aliphatic carbocycles. The molecule has 0 N–H and O–H groups in total. The predicted molar refractivity (Wildman–Crippen MR) is 100 cm³/mol. The van der Waals surface area contributed by atoms with Crippen molar-refractivity contribution in [2.45, 2.75) is 38.6 Å². The number of aromatic nitrogens is 4. The van der Waals surface area contributed by atoms with Gasteiger partial charge in [0, 0.05) is 44.1 Å². The summed E-state index contributed by atoms with van der Waals surface area (Å²) in [5.74, 6) is 1.41. The molecule has 1 unspecified atom stereocenters. The van der Waals surface area contributed by atoms with E-state index < -0.39 is 0 Å². The lowest BCUT2D eigenvalue weighted by molar-refractivity contribution is 0.0701. The van der Waals surface area contributed by atoms with E-state index in [1.165, 1.54) is 6.33 Å². The highest BCUT2D eigenvalue weighted by molar-refractivity contribution is 5.95. The Morgan fingerprint density at radius 2 is 2.19 bits per heavy atom. The highest BCUT2D eigenvalue weighted by Gasteiger charge is 2.28. The minimum Gasteiger partial charge on any atom is -0.338 e. The Morgan fingerprint density at radius 3 is 2.96 bits per heavy atom. The van der Waals surface area contributed by atoms with Crippen LogP contribution in [0.3, 0.4) is 0 Å². The Hall–Kier alpha value is -2.28. The fourth-order valence-electron chi connectivity index (χ4n) is 3.57. The molecule has 0 aromatic carbocycles. The molecule has 2 aromatic rings. The van der Waals surface area contributed by atoms with E-state index in [0.29, 0.717) is 12.1 Å². The predicted octanol–water partition coefficient (Wildman–Crippen LogP) is 1.95. The van der Waals surface area contributed by atoms with Gasteiger partial charge in [-0.15, -0.1) is 0 Å². The van der Waals surface area contributed by atoms with E-state index in [-0.39, 0.29) is 11.8 Å². The van der Waals surface area contributed by atoms with Gasteiger partial charge in [0.05, 0.1) is 11.3 Å². The largest absolute Gasteiger partial charge is 0.338 e. The summed E-state index contributed by atoms with van der Waals surface area (Å²) in [6.45, 7) is 5.36. The molecule has 140 valence electrons. The van der Waals surface area contributed by atoms with E-state index in [1.54, 1.807) is 6.20 Å². The number of hydrogen-bond donors (Lipinski definition) is 0. The number of hydrogen-bond acceptors (Lipinski definition) is 5. The first-order chi connectivity index (χ1) is 12.6. The fourth-order valence-corrected chi connectivity index (χ4v) is 3.57. The van der Waals surface area contributed by atoms with Crippen molar-refractivity contribution < 1.29 is 4.79 Å². The number of aryl methyl sites for hydroxylation is 2. The van der Waals surface area contributed by atoms with Crippen LogP contribution in [-0.4, -0.2) is 69.0 Å². The first-order valence-electron chi connectivity index (χ1n) is 9.28. The lowest BCUT2D eigenvalue weighted by atomic mass is 9.96. The van der Waals surface area contributed by atoms with Gasteiger partial charge in [0.1, 0.15) is 12.2 Å². The van der Waals surface area contributed by atoms with Crippen molar-refractivity contribution in [1.29, 1.82) is 0 Å². The van der Waals surface area contributed by atoms with Gasteiger partial charge in [0.2, 0.25) is 0 Å². The lowest BCUT2D eigenvalue weighted by Gasteiger charge is -2.33. The third-order valence-corrected chi connectivity index (χ3v) is 4.97. The summed E-state index contributed by atoms with van der Waals surface area (Å²) in [6.07, 6.45) is 10.2. The Balaban J connectivity index is 1.68. The second-order valence-electron chi connectivity index (χ2n) is 7.25. The Kier molecular flexibility index (Phi) is 5.98. The van der Waals surface area contributed by atoms with Crippen LogP contribution in [0.25, 0.3) is 0 Å². The Bertz CT molecular complexity index is 741. The van der Waals surface area contributed by atoms with Gasteiger partial charge in [0.25, 0.3) is 5.91 Å². The molecule has 0 saturated carbocycles. The molecule has 7 heteroatoms. The number of piperidine rings is 1. The second kappa shape index (κ2) is 8.40. The molecule has 26 heavy (non-hydrogen) atoms. The van der Waals surface area contributed by atoms with E-state index >= 15 is 0 Å². The van der Waals surface area contributed by atoms with Crippen LogP contribution >= 0.6 is 0 Å². The molecule has 1 fully saturated rings. The van der Waals surface area contributed by atoms with Gasteiger partial charge in [-0.2, -0.15) is 0 Å². The summed E-state index contributed by atoms with van der Waals surface area (Å²) >= 11 is 0. The van der Waals surface area contributed by atoms with Crippen molar-refractivity contribution in [3.8, 4) is 0 Å². The van der Waals surface area contributed by atoms with Crippen molar-refractivity contribution in [3.05, 3.63) is 42.0 Å². The monoisotopic (exact) mass is 356 g/mol. The quantitative estimate of drug-likeness (QED) is 0.791. The molecule has 1 saturated heterocycles. The summed E-state index contributed by atoms with van der Waals surface area (Å²) in [5, 5.41) is 0. The maximum absolute atomic E-state index is 12.9. The lowest BCUT2D eigenvalue weighted by Crippen LogP contribution is -2.40. The topological polar surface area (TPSA) is 67.2 Å². The normalized spacial score (nSPS) is 17.7. The SMILES string of the molecule is Cc1ncncc1C(=O)N1CCCC(c2nccn2CCCN(C)C)C1. The van der Waals surface area contributed by atoms with E-state index in [1.807, 2.05) is 18.0 Å². The fraction of sp³-hybridized carbons (Fsp3) is 0.579.